The summed E-state index contributed by atoms with van der Waals surface area (Å²) in [7, 11) is 0. The van der Waals surface area contributed by atoms with Crippen LogP contribution in [0.2, 0.25) is 0 Å². The minimum atomic E-state index is 0.260. The molecule has 1 N–H and O–H groups in total. The summed E-state index contributed by atoms with van der Waals surface area (Å²) < 4.78 is 1.21. The Kier molecular flexibility index (Phi) is 3.74. The van der Waals surface area contributed by atoms with Crippen LogP contribution in [0.1, 0.15) is 10.6 Å². The molecule has 3 rings (SSSR count). The Bertz CT molecular complexity index is 716. The Labute approximate surface area is 121 Å². The fourth-order valence-electron chi connectivity index (χ4n) is 1.95. The molecule has 0 radical (unpaired) electrons. The summed E-state index contributed by atoms with van der Waals surface area (Å²) in [5.41, 5.74) is 1.80. The fourth-order valence-corrected chi connectivity index (χ4v) is 2.90. The van der Waals surface area contributed by atoms with Crippen molar-refractivity contribution in [2.24, 2.45) is 4.99 Å². The number of benzene rings is 2. The molecule has 0 aliphatic heterocycles. The van der Waals surface area contributed by atoms with E-state index in [1.165, 1.54) is 4.70 Å². The van der Waals surface area contributed by atoms with Gasteiger partial charge in [0.2, 0.25) is 0 Å². The van der Waals surface area contributed by atoms with Crippen LogP contribution >= 0.6 is 11.3 Å². The van der Waals surface area contributed by atoms with E-state index >= 15 is 0 Å². The number of para-hydroxylation sites is 2. The number of nitrogens with zero attached hydrogens (tertiary/aromatic N) is 2. The lowest BCUT2D eigenvalue weighted by Crippen LogP contribution is -1.90. The van der Waals surface area contributed by atoms with Crippen LogP contribution in [-0.4, -0.2) is 22.8 Å². The predicted octanol–water partition coefficient (Wildman–Crippen LogP) is 3.66. The smallest absolute Gasteiger partial charge is 0.124 e. The van der Waals surface area contributed by atoms with Gasteiger partial charge in [-0.25, -0.2) is 4.98 Å². The summed E-state index contributed by atoms with van der Waals surface area (Å²) in [4.78, 5) is 8.92. The number of phenolic OH excluding ortho intramolecular Hbond substituents is 1. The molecule has 0 aliphatic rings. The normalized spacial score (nSPS) is 11.4. The molecule has 0 aliphatic carbocycles. The number of phenols is 1. The minimum Gasteiger partial charge on any atom is -0.507 e. The van der Waals surface area contributed by atoms with E-state index in [4.69, 9.17) is 0 Å². The summed E-state index contributed by atoms with van der Waals surface area (Å²) in [6, 6.07) is 15.3. The molecule has 0 atom stereocenters. The second kappa shape index (κ2) is 5.84. The molecule has 3 nitrogen and oxygen atoms in total. The van der Waals surface area contributed by atoms with Crippen LogP contribution in [0, 0.1) is 0 Å². The maximum Gasteiger partial charge on any atom is 0.124 e. The van der Waals surface area contributed by atoms with Crippen molar-refractivity contribution >= 4 is 27.8 Å². The first kappa shape index (κ1) is 12.8. The standard InChI is InChI=1S/C16H14N2OS/c19-14-7-3-1-5-12(14)11-17-10-9-16-18-13-6-2-4-8-15(13)20-16/h1-8,11,19H,9-10H2. The number of hydrogen-bond acceptors (Lipinski definition) is 4. The van der Waals surface area contributed by atoms with Crippen LogP contribution in [-0.2, 0) is 6.42 Å². The van der Waals surface area contributed by atoms with E-state index in [1.54, 1.807) is 29.7 Å². The van der Waals surface area contributed by atoms with Gasteiger partial charge in [0.1, 0.15) is 5.75 Å². The Morgan fingerprint density at radius 2 is 1.90 bits per heavy atom. The van der Waals surface area contributed by atoms with Crippen molar-refractivity contribution in [1.82, 2.24) is 4.98 Å². The topological polar surface area (TPSA) is 45.5 Å². The van der Waals surface area contributed by atoms with Crippen LogP contribution in [0.15, 0.2) is 53.5 Å². The first-order valence-corrected chi connectivity index (χ1v) is 7.27. The van der Waals surface area contributed by atoms with E-state index in [1.807, 2.05) is 30.3 Å². The second-order valence-electron chi connectivity index (χ2n) is 4.42. The number of aliphatic imine (C=N–C) groups is 1. The van der Waals surface area contributed by atoms with Crippen LogP contribution in [0.5, 0.6) is 5.75 Å². The van der Waals surface area contributed by atoms with Crippen LogP contribution < -0.4 is 0 Å². The highest BCUT2D eigenvalue weighted by Crippen LogP contribution is 2.21. The Morgan fingerprint density at radius 1 is 1.10 bits per heavy atom. The number of thiazole rings is 1. The lowest BCUT2D eigenvalue weighted by atomic mass is 10.2. The van der Waals surface area contributed by atoms with Gasteiger partial charge in [-0.15, -0.1) is 11.3 Å². The first-order valence-electron chi connectivity index (χ1n) is 6.45. The van der Waals surface area contributed by atoms with Crippen molar-refractivity contribution in [3.8, 4) is 5.75 Å². The van der Waals surface area contributed by atoms with Crippen molar-refractivity contribution in [3.63, 3.8) is 0 Å². The van der Waals surface area contributed by atoms with E-state index in [9.17, 15) is 5.11 Å². The van der Waals surface area contributed by atoms with Crippen molar-refractivity contribution in [2.75, 3.05) is 6.54 Å². The zero-order valence-electron chi connectivity index (χ0n) is 10.9. The zero-order chi connectivity index (χ0) is 13.8. The third-order valence-corrected chi connectivity index (χ3v) is 4.06. The summed E-state index contributed by atoms with van der Waals surface area (Å²) in [6.45, 7) is 0.675. The lowest BCUT2D eigenvalue weighted by Gasteiger charge is -1.96. The molecule has 4 heteroatoms. The summed E-state index contributed by atoms with van der Waals surface area (Å²) in [5.74, 6) is 0.260. The van der Waals surface area contributed by atoms with E-state index in [2.05, 4.69) is 16.0 Å². The number of aromatic hydroxyl groups is 1. The van der Waals surface area contributed by atoms with Crippen molar-refractivity contribution in [3.05, 3.63) is 59.1 Å². The molecule has 1 heterocycles. The van der Waals surface area contributed by atoms with Crippen LogP contribution in [0.25, 0.3) is 10.2 Å². The number of aromatic nitrogens is 1. The maximum atomic E-state index is 9.62. The molecule has 1 aromatic heterocycles. The molecule has 0 unspecified atom stereocenters. The van der Waals surface area contributed by atoms with E-state index in [0.29, 0.717) is 6.54 Å². The van der Waals surface area contributed by atoms with E-state index in [0.717, 1.165) is 22.5 Å². The molecule has 3 aromatic rings. The molecular weight excluding hydrogens is 268 g/mol. The molecule has 0 saturated carbocycles. The SMILES string of the molecule is Oc1ccccc1C=NCCc1nc2ccccc2s1. The van der Waals surface area contributed by atoms with Gasteiger partial charge in [0.15, 0.2) is 0 Å². The second-order valence-corrected chi connectivity index (χ2v) is 5.53. The van der Waals surface area contributed by atoms with Gasteiger partial charge >= 0.3 is 0 Å². The fraction of sp³-hybridized carbons (Fsp3) is 0.125. The molecule has 0 spiro atoms. The van der Waals surface area contributed by atoms with Crippen LogP contribution in [0.4, 0.5) is 0 Å². The Balaban J connectivity index is 1.64. The highest BCUT2D eigenvalue weighted by atomic mass is 32.1. The van der Waals surface area contributed by atoms with Gasteiger partial charge in [-0.3, -0.25) is 4.99 Å². The zero-order valence-corrected chi connectivity index (χ0v) is 11.7. The molecule has 0 bridgehead atoms. The van der Waals surface area contributed by atoms with Crippen molar-refractivity contribution in [1.29, 1.82) is 0 Å². The third-order valence-electron chi connectivity index (χ3n) is 2.96. The average Bonchev–Trinajstić information content (AvgIpc) is 2.88. The number of hydrogen-bond donors (Lipinski definition) is 1. The average molecular weight is 282 g/mol. The highest BCUT2D eigenvalue weighted by molar-refractivity contribution is 7.18. The number of rotatable bonds is 4. The molecule has 20 heavy (non-hydrogen) atoms. The monoisotopic (exact) mass is 282 g/mol. The third kappa shape index (κ3) is 2.86. The lowest BCUT2D eigenvalue weighted by molar-refractivity contribution is 0.474. The molecule has 0 amide bonds. The van der Waals surface area contributed by atoms with Gasteiger partial charge in [-0.2, -0.15) is 0 Å². The minimum absolute atomic E-state index is 0.260. The Morgan fingerprint density at radius 3 is 2.75 bits per heavy atom. The van der Waals surface area contributed by atoms with E-state index < -0.39 is 0 Å². The first-order chi connectivity index (χ1) is 9.83. The summed E-state index contributed by atoms with van der Waals surface area (Å²) >= 11 is 1.71. The predicted molar refractivity (Wildman–Crippen MR) is 83.9 cm³/mol. The van der Waals surface area contributed by atoms with Gasteiger partial charge in [0.05, 0.1) is 15.2 Å². The number of fused-ring (bicyclic) bond motifs is 1. The van der Waals surface area contributed by atoms with Gasteiger partial charge in [-0.05, 0) is 24.3 Å². The highest BCUT2D eigenvalue weighted by Gasteiger charge is 2.02. The van der Waals surface area contributed by atoms with Gasteiger partial charge < -0.3 is 5.11 Å². The quantitative estimate of drug-likeness (QED) is 0.742. The largest absolute Gasteiger partial charge is 0.507 e. The van der Waals surface area contributed by atoms with Gasteiger partial charge in [-0.1, -0.05) is 24.3 Å². The molecule has 100 valence electrons. The molecule has 0 saturated heterocycles. The van der Waals surface area contributed by atoms with Crippen molar-refractivity contribution in [2.45, 2.75) is 6.42 Å². The maximum absolute atomic E-state index is 9.62. The summed E-state index contributed by atoms with van der Waals surface area (Å²) in [6.07, 6.45) is 2.53. The van der Waals surface area contributed by atoms with Crippen molar-refractivity contribution < 1.29 is 5.11 Å². The summed E-state index contributed by atoms with van der Waals surface area (Å²) in [5, 5.41) is 10.7. The molecule has 0 fully saturated rings. The van der Waals surface area contributed by atoms with E-state index in [-0.39, 0.29) is 5.75 Å². The molecular formula is C16H14N2OS. The molecule has 2 aromatic carbocycles. The van der Waals surface area contributed by atoms with Gasteiger partial charge in [0.25, 0.3) is 0 Å². The van der Waals surface area contributed by atoms with Crippen LogP contribution in [0.3, 0.4) is 0 Å². The van der Waals surface area contributed by atoms with Gasteiger partial charge in [0, 0.05) is 24.7 Å². The Hall–Kier alpha value is -2.20.